The third-order valence-electron chi connectivity index (χ3n) is 2.38. The second-order valence-electron chi connectivity index (χ2n) is 4.08. The van der Waals surface area contributed by atoms with E-state index in [0.29, 0.717) is 19.1 Å². The van der Waals surface area contributed by atoms with E-state index in [-0.39, 0.29) is 6.54 Å². The molecule has 90 valence electrons. The van der Waals surface area contributed by atoms with Crippen molar-refractivity contribution in [2.75, 3.05) is 13.1 Å². The molecule has 0 aliphatic carbocycles. The van der Waals surface area contributed by atoms with Crippen molar-refractivity contribution < 1.29 is 9.90 Å². The van der Waals surface area contributed by atoms with Crippen LogP contribution in [0.15, 0.2) is 12.3 Å². The molecule has 0 saturated heterocycles. The Balaban J connectivity index is 2.59. The molecule has 0 aliphatic heterocycles. The molecule has 1 heterocycles. The van der Waals surface area contributed by atoms with Crippen LogP contribution in [0.4, 0.5) is 0 Å². The predicted octanol–water partition coefficient (Wildman–Crippen LogP) is 1.37. The van der Waals surface area contributed by atoms with E-state index in [0.717, 1.165) is 5.69 Å². The van der Waals surface area contributed by atoms with Gasteiger partial charge in [-0.25, -0.2) is 0 Å². The maximum atomic E-state index is 10.6. The van der Waals surface area contributed by atoms with E-state index in [2.05, 4.69) is 18.9 Å². The molecule has 0 bridgehead atoms. The number of rotatable bonds is 6. The van der Waals surface area contributed by atoms with Crippen LogP contribution >= 0.6 is 0 Å². The quantitative estimate of drug-likeness (QED) is 0.794. The second kappa shape index (κ2) is 5.65. The minimum atomic E-state index is -0.801. The van der Waals surface area contributed by atoms with E-state index < -0.39 is 5.97 Å². The van der Waals surface area contributed by atoms with Crippen LogP contribution in [0.1, 0.15) is 32.5 Å². The number of hydrogen-bond acceptors (Lipinski definition) is 3. The van der Waals surface area contributed by atoms with E-state index >= 15 is 0 Å². The summed E-state index contributed by atoms with van der Waals surface area (Å²) in [6.07, 6.45) is 1.93. The smallest absolute Gasteiger partial charge is 0.317 e. The molecule has 1 N–H and O–H groups in total. The molecule has 1 aromatic rings. The van der Waals surface area contributed by atoms with E-state index in [1.807, 2.05) is 28.8 Å². The zero-order valence-corrected chi connectivity index (χ0v) is 10.1. The number of carbonyl (C=O) groups is 1. The number of carboxylic acid groups (broad SMARTS) is 1. The molecule has 0 aliphatic rings. The van der Waals surface area contributed by atoms with Gasteiger partial charge in [0.15, 0.2) is 0 Å². The molecular weight excluding hydrogens is 206 g/mol. The van der Waals surface area contributed by atoms with Crippen molar-refractivity contribution in [3.8, 4) is 0 Å². The van der Waals surface area contributed by atoms with Crippen LogP contribution in [0.5, 0.6) is 0 Å². The lowest BCUT2D eigenvalue weighted by atomic mass is 10.3. The SMILES string of the molecule is CCN(CC(=O)O)Cc1ccn(C(C)C)n1. The highest BCUT2D eigenvalue weighted by Crippen LogP contribution is 2.06. The van der Waals surface area contributed by atoms with Gasteiger partial charge in [0.1, 0.15) is 0 Å². The lowest BCUT2D eigenvalue weighted by Gasteiger charge is -2.16. The summed E-state index contributed by atoms with van der Waals surface area (Å²) in [5.41, 5.74) is 0.914. The zero-order valence-electron chi connectivity index (χ0n) is 10.1. The van der Waals surface area contributed by atoms with Gasteiger partial charge in [0, 0.05) is 18.8 Å². The number of aliphatic carboxylic acids is 1. The number of carboxylic acids is 1. The zero-order chi connectivity index (χ0) is 12.1. The molecule has 0 aromatic carbocycles. The van der Waals surface area contributed by atoms with Crippen molar-refractivity contribution in [2.24, 2.45) is 0 Å². The first-order valence-electron chi connectivity index (χ1n) is 5.51. The predicted molar refractivity (Wildman–Crippen MR) is 61.2 cm³/mol. The van der Waals surface area contributed by atoms with Crippen LogP contribution in [0, 0.1) is 0 Å². The Bertz CT molecular complexity index is 347. The molecule has 0 unspecified atom stereocenters. The fraction of sp³-hybridized carbons (Fsp3) is 0.636. The van der Waals surface area contributed by atoms with Gasteiger partial charge in [-0.1, -0.05) is 6.92 Å². The second-order valence-corrected chi connectivity index (χ2v) is 4.08. The number of nitrogens with zero attached hydrogens (tertiary/aromatic N) is 3. The lowest BCUT2D eigenvalue weighted by molar-refractivity contribution is -0.138. The highest BCUT2D eigenvalue weighted by atomic mass is 16.4. The Morgan fingerprint density at radius 3 is 2.75 bits per heavy atom. The molecule has 1 rings (SSSR count). The first-order chi connectivity index (χ1) is 7.52. The van der Waals surface area contributed by atoms with Gasteiger partial charge < -0.3 is 5.11 Å². The average molecular weight is 225 g/mol. The summed E-state index contributed by atoms with van der Waals surface area (Å²) in [7, 11) is 0. The topological polar surface area (TPSA) is 58.4 Å². The largest absolute Gasteiger partial charge is 0.480 e. The normalized spacial score (nSPS) is 11.3. The fourth-order valence-corrected chi connectivity index (χ4v) is 1.45. The van der Waals surface area contributed by atoms with Crippen LogP contribution < -0.4 is 0 Å². The molecule has 5 heteroatoms. The molecule has 0 fully saturated rings. The average Bonchev–Trinajstić information content (AvgIpc) is 2.64. The van der Waals surface area contributed by atoms with E-state index in [9.17, 15) is 4.79 Å². The Hall–Kier alpha value is -1.36. The molecule has 0 radical (unpaired) electrons. The number of aromatic nitrogens is 2. The number of likely N-dealkylation sites (N-methyl/N-ethyl adjacent to an activating group) is 1. The van der Waals surface area contributed by atoms with Gasteiger partial charge >= 0.3 is 5.97 Å². The summed E-state index contributed by atoms with van der Waals surface area (Å²) >= 11 is 0. The molecule has 0 saturated carbocycles. The molecule has 5 nitrogen and oxygen atoms in total. The Kier molecular flexibility index (Phi) is 4.49. The lowest BCUT2D eigenvalue weighted by Crippen LogP contribution is -2.29. The summed E-state index contributed by atoms with van der Waals surface area (Å²) in [6, 6.07) is 2.27. The van der Waals surface area contributed by atoms with Gasteiger partial charge in [0.05, 0.1) is 12.2 Å². The highest BCUT2D eigenvalue weighted by Gasteiger charge is 2.10. The van der Waals surface area contributed by atoms with Crippen LogP contribution in [-0.4, -0.2) is 38.8 Å². The van der Waals surface area contributed by atoms with Gasteiger partial charge in [0.25, 0.3) is 0 Å². The minimum Gasteiger partial charge on any atom is -0.480 e. The summed E-state index contributed by atoms with van der Waals surface area (Å²) in [4.78, 5) is 12.4. The van der Waals surface area contributed by atoms with Crippen LogP contribution in [0.2, 0.25) is 0 Å². The summed E-state index contributed by atoms with van der Waals surface area (Å²) < 4.78 is 1.88. The summed E-state index contributed by atoms with van der Waals surface area (Å²) in [6.45, 7) is 7.42. The van der Waals surface area contributed by atoms with Gasteiger partial charge in [0.2, 0.25) is 0 Å². The monoisotopic (exact) mass is 225 g/mol. The number of hydrogen-bond donors (Lipinski definition) is 1. The van der Waals surface area contributed by atoms with Crippen molar-refractivity contribution in [1.82, 2.24) is 14.7 Å². The summed E-state index contributed by atoms with van der Waals surface area (Å²) in [5, 5.41) is 13.1. The highest BCUT2D eigenvalue weighted by molar-refractivity contribution is 5.69. The maximum Gasteiger partial charge on any atom is 0.317 e. The van der Waals surface area contributed by atoms with Gasteiger partial charge in [-0.15, -0.1) is 0 Å². The molecule has 0 atom stereocenters. The van der Waals surface area contributed by atoms with Gasteiger partial charge in [-0.3, -0.25) is 14.4 Å². The van der Waals surface area contributed by atoms with E-state index in [1.54, 1.807) is 0 Å². The first-order valence-corrected chi connectivity index (χ1v) is 5.51. The van der Waals surface area contributed by atoms with Gasteiger partial charge in [-0.05, 0) is 26.5 Å². The van der Waals surface area contributed by atoms with E-state index in [1.165, 1.54) is 0 Å². The van der Waals surface area contributed by atoms with Crippen molar-refractivity contribution in [3.63, 3.8) is 0 Å². The minimum absolute atomic E-state index is 0.0606. The van der Waals surface area contributed by atoms with Crippen LogP contribution in [0.3, 0.4) is 0 Å². The third-order valence-corrected chi connectivity index (χ3v) is 2.38. The summed E-state index contributed by atoms with van der Waals surface area (Å²) in [5.74, 6) is -0.801. The molecule has 1 aromatic heterocycles. The molecule has 16 heavy (non-hydrogen) atoms. The third kappa shape index (κ3) is 3.66. The Morgan fingerprint density at radius 1 is 1.62 bits per heavy atom. The van der Waals surface area contributed by atoms with Crippen molar-refractivity contribution in [3.05, 3.63) is 18.0 Å². The molecule has 0 spiro atoms. The molecule has 0 amide bonds. The van der Waals surface area contributed by atoms with Crippen molar-refractivity contribution >= 4 is 5.97 Å². The van der Waals surface area contributed by atoms with Crippen molar-refractivity contribution in [2.45, 2.75) is 33.4 Å². The van der Waals surface area contributed by atoms with E-state index in [4.69, 9.17) is 5.11 Å². The first kappa shape index (κ1) is 12.7. The standard InChI is InChI=1S/C11H19N3O2/c1-4-13(8-11(15)16)7-10-5-6-14(12-10)9(2)3/h5-6,9H,4,7-8H2,1-3H3,(H,15,16). The van der Waals surface area contributed by atoms with Crippen LogP contribution in [0.25, 0.3) is 0 Å². The van der Waals surface area contributed by atoms with Gasteiger partial charge in [-0.2, -0.15) is 5.10 Å². The maximum absolute atomic E-state index is 10.6. The molecular formula is C11H19N3O2. The Labute approximate surface area is 95.7 Å². The Morgan fingerprint density at radius 2 is 2.31 bits per heavy atom. The van der Waals surface area contributed by atoms with Crippen molar-refractivity contribution in [1.29, 1.82) is 0 Å². The fourth-order valence-electron chi connectivity index (χ4n) is 1.45. The van der Waals surface area contributed by atoms with Crippen LogP contribution in [-0.2, 0) is 11.3 Å².